The van der Waals surface area contributed by atoms with E-state index in [-0.39, 0.29) is 11.9 Å². The van der Waals surface area contributed by atoms with Gasteiger partial charge < -0.3 is 5.11 Å². The van der Waals surface area contributed by atoms with Crippen LogP contribution in [0.5, 0.6) is 0 Å². The third-order valence-electron chi connectivity index (χ3n) is 3.11. The van der Waals surface area contributed by atoms with Gasteiger partial charge in [-0.3, -0.25) is 0 Å². The molecule has 3 heteroatoms. The minimum absolute atomic E-state index is 0.214. The van der Waals surface area contributed by atoms with E-state index in [1.54, 1.807) is 12.1 Å². The normalized spacial score (nSPS) is 12.3. The lowest BCUT2D eigenvalue weighted by Crippen LogP contribution is -2.10. The maximum atomic E-state index is 13.4. The Morgan fingerprint density at radius 3 is 2.45 bits per heavy atom. The number of halogens is 1. The van der Waals surface area contributed by atoms with E-state index in [9.17, 15) is 9.50 Å². The number of benzene rings is 2. The van der Waals surface area contributed by atoms with Gasteiger partial charge in [-0.05, 0) is 37.0 Å². The SMILES string of the molecule is OC(CCCc1ccccc1)CSc1ccccc1F. The van der Waals surface area contributed by atoms with Gasteiger partial charge in [0.05, 0.1) is 6.10 Å². The number of aryl methyl sites for hydroxylation is 1. The highest BCUT2D eigenvalue weighted by Gasteiger charge is 2.07. The van der Waals surface area contributed by atoms with E-state index < -0.39 is 0 Å². The van der Waals surface area contributed by atoms with Gasteiger partial charge >= 0.3 is 0 Å². The van der Waals surface area contributed by atoms with E-state index in [1.165, 1.54) is 23.4 Å². The van der Waals surface area contributed by atoms with Crippen LogP contribution >= 0.6 is 11.8 Å². The van der Waals surface area contributed by atoms with Gasteiger partial charge in [-0.1, -0.05) is 42.5 Å². The number of hydrogen-bond acceptors (Lipinski definition) is 2. The summed E-state index contributed by atoms with van der Waals surface area (Å²) in [6.45, 7) is 0. The molecular weight excluding hydrogens is 271 g/mol. The predicted octanol–water partition coefficient (Wildman–Crippen LogP) is 4.30. The van der Waals surface area contributed by atoms with Crippen LogP contribution in [-0.2, 0) is 6.42 Å². The van der Waals surface area contributed by atoms with Crippen LogP contribution in [0.4, 0.5) is 4.39 Å². The second-order valence-corrected chi connectivity index (χ2v) is 5.83. The molecule has 0 aliphatic heterocycles. The highest BCUT2D eigenvalue weighted by Crippen LogP contribution is 2.22. The fourth-order valence-electron chi connectivity index (χ4n) is 2.02. The zero-order valence-corrected chi connectivity index (χ0v) is 12.2. The van der Waals surface area contributed by atoms with Crippen molar-refractivity contribution in [3.8, 4) is 0 Å². The van der Waals surface area contributed by atoms with Gasteiger partial charge in [0.2, 0.25) is 0 Å². The third-order valence-corrected chi connectivity index (χ3v) is 4.31. The first-order valence-electron chi connectivity index (χ1n) is 6.85. The molecule has 0 aliphatic rings. The molecule has 0 aromatic heterocycles. The van der Waals surface area contributed by atoms with E-state index in [0.717, 1.165) is 19.3 Å². The van der Waals surface area contributed by atoms with Gasteiger partial charge in [-0.2, -0.15) is 0 Å². The number of aliphatic hydroxyl groups excluding tert-OH is 1. The zero-order chi connectivity index (χ0) is 14.2. The van der Waals surface area contributed by atoms with Crippen molar-refractivity contribution in [2.75, 3.05) is 5.75 Å². The topological polar surface area (TPSA) is 20.2 Å². The molecule has 1 nitrogen and oxygen atoms in total. The molecule has 0 aliphatic carbocycles. The van der Waals surface area contributed by atoms with E-state index in [4.69, 9.17) is 0 Å². The van der Waals surface area contributed by atoms with Crippen molar-refractivity contribution in [1.82, 2.24) is 0 Å². The summed E-state index contributed by atoms with van der Waals surface area (Å²) in [6, 6.07) is 16.9. The van der Waals surface area contributed by atoms with Crippen molar-refractivity contribution in [3.05, 3.63) is 66.0 Å². The van der Waals surface area contributed by atoms with E-state index in [2.05, 4.69) is 12.1 Å². The molecule has 0 bridgehead atoms. The summed E-state index contributed by atoms with van der Waals surface area (Å²) in [6.07, 6.45) is 2.28. The van der Waals surface area contributed by atoms with Crippen LogP contribution in [0.15, 0.2) is 59.5 Å². The maximum Gasteiger partial charge on any atom is 0.136 e. The van der Waals surface area contributed by atoms with E-state index in [0.29, 0.717) is 10.6 Å². The Hall–Kier alpha value is -1.32. The minimum Gasteiger partial charge on any atom is -0.392 e. The summed E-state index contributed by atoms with van der Waals surface area (Å²) in [5, 5.41) is 9.94. The lowest BCUT2D eigenvalue weighted by Gasteiger charge is -2.10. The molecule has 106 valence electrons. The average Bonchev–Trinajstić information content (AvgIpc) is 2.47. The number of thioether (sulfide) groups is 1. The standard InChI is InChI=1S/C17H19FOS/c18-16-11-4-5-12-17(16)20-13-15(19)10-6-9-14-7-2-1-3-8-14/h1-5,7-8,11-12,15,19H,6,9-10,13H2. The van der Waals surface area contributed by atoms with Crippen molar-refractivity contribution >= 4 is 11.8 Å². The van der Waals surface area contributed by atoms with Crippen molar-refractivity contribution in [2.24, 2.45) is 0 Å². The van der Waals surface area contributed by atoms with Gasteiger partial charge in [-0.15, -0.1) is 11.8 Å². The molecule has 0 radical (unpaired) electrons. The first-order chi connectivity index (χ1) is 9.75. The smallest absolute Gasteiger partial charge is 0.136 e. The lowest BCUT2D eigenvalue weighted by molar-refractivity contribution is 0.186. The fraction of sp³-hybridized carbons (Fsp3) is 0.294. The molecule has 0 saturated carbocycles. The Balaban J connectivity index is 1.68. The molecule has 1 atom stereocenters. The Morgan fingerprint density at radius 1 is 1.00 bits per heavy atom. The summed E-state index contributed by atoms with van der Waals surface area (Å²) in [7, 11) is 0. The molecular formula is C17H19FOS. The van der Waals surface area contributed by atoms with Crippen LogP contribution in [0.25, 0.3) is 0 Å². The first kappa shape index (κ1) is 15.1. The van der Waals surface area contributed by atoms with Crippen LogP contribution in [0.2, 0.25) is 0 Å². The first-order valence-corrected chi connectivity index (χ1v) is 7.83. The van der Waals surface area contributed by atoms with Gasteiger partial charge in [0, 0.05) is 10.6 Å². The predicted molar refractivity (Wildman–Crippen MR) is 82.5 cm³/mol. The van der Waals surface area contributed by atoms with Crippen LogP contribution in [0.3, 0.4) is 0 Å². The van der Waals surface area contributed by atoms with Crippen LogP contribution < -0.4 is 0 Å². The second kappa shape index (κ2) is 8.08. The summed E-state index contributed by atoms with van der Waals surface area (Å²) < 4.78 is 13.4. The highest BCUT2D eigenvalue weighted by atomic mass is 32.2. The van der Waals surface area contributed by atoms with Gasteiger partial charge in [0.25, 0.3) is 0 Å². The summed E-state index contributed by atoms with van der Waals surface area (Å²) in [5.41, 5.74) is 1.29. The van der Waals surface area contributed by atoms with Gasteiger partial charge in [0.1, 0.15) is 5.82 Å². The Kier molecular flexibility index (Phi) is 6.09. The molecule has 20 heavy (non-hydrogen) atoms. The second-order valence-electron chi connectivity index (χ2n) is 4.77. The quantitative estimate of drug-likeness (QED) is 0.767. The monoisotopic (exact) mass is 290 g/mol. The highest BCUT2D eigenvalue weighted by molar-refractivity contribution is 7.99. The summed E-state index contributed by atoms with van der Waals surface area (Å²) >= 11 is 1.38. The number of hydrogen-bond donors (Lipinski definition) is 1. The summed E-state index contributed by atoms with van der Waals surface area (Å²) in [4.78, 5) is 0.606. The fourth-order valence-corrected chi connectivity index (χ4v) is 2.94. The third kappa shape index (κ3) is 4.99. The van der Waals surface area contributed by atoms with Crippen molar-refractivity contribution < 1.29 is 9.50 Å². The molecule has 0 heterocycles. The van der Waals surface area contributed by atoms with Crippen LogP contribution in [0.1, 0.15) is 18.4 Å². The zero-order valence-electron chi connectivity index (χ0n) is 11.3. The molecule has 0 fully saturated rings. The van der Waals surface area contributed by atoms with Crippen LogP contribution in [-0.4, -0.2) is 17.0 Å². The van der Waals surface area contributed by atoms with Crippen molar-refractivity contribution in [1.29, 1.82) is 0 Å². The minimum atomic E-state index is -0.386. The molecule has 0 saturated heterocycles. The van der Waals surface area contributed by atoms with Gasteiger partial charge in [0.15, 0.2) is 0 Å². The van der Waals surface area contributed by atoms with Gasteiger partial charge in [-0.25, -0.2) is 4.39 Å². The number of aliphatic hydroxyl groups is 1. The average molecular weight is 290 g/mol. The Morgan fingerprint density at radius 2 is 1.70 bits per heavy atom. The molecule has 0 amide bonds. The molecule has 1 N–H and O–H groups in total. The van der Waals surface area contributed by atoms with Crippen LogP contribution in [0, 0.1) is 5.82 Å². The Labute approximate surface area is 123 Å². The summed E-state index contributed by atoms with van der Waals surface area (Å²) in [5.74, 6) is 0.324. The molecule has 2 aromatic carbocycles. The largest absolute Gasteiger partial charge is 0.392 e. The molecule has 0 spiro atoms. The van der Waals surface area contributed by atoms with E-state index in [1.807, 2.05) is 24.3 Å². The molecule has 1 unspecified atom stereocenters. The van der Waals surface area contributed by atoms with E-state index >= 15 is 0 Å². The lowest BCUT2D eigenvalue weighted by atomic mass is 10.1. The molecule has 2 aromatic rings. The Bertz CT molecular complexity index is 515. The van der Waals surface area contributed by atoms with Crippen molar-refractivity contribution in [3.63, 3.8) is 0 Å². The number of rotatable bonds is 7. The maximum absolute atomic E-state index is 13.4. The van der Waals surface area contributed by atoms with Crippen molar-refractivity contribution in [2.45, 2.75) is 30.3 Å². The molecule has 2 rings (SSSR count).